The van der Waals surface area contributed by atoms with Gasteiger partial charge in [-0.25, -0.2) is 13.1 Å². The molecule has 1 amide bonds. The second kappa shape index (κ2) is 8.33. The molecule has 0 saturated heterocycles. The number of ether oxygens (including phenoxy) is 1. The first-order valence-corrected chi connectivity index (χ1v) is 9.92. The predicted molar refractivity (Wildman–Crippen MR) is 102 cm³/mol. The number of carbonyl (C=O) groups is 1. The molecule has 2 aromatic carbocycles. The number of aryl methyl sites for hydroxylation is 2. The van der Waals surface area contributed by atoms with Gasteiger partial charge in [-0.1, -0.05) is 13.0 Å². The SMILES string of the molecule is CCNS(=O)(=O)c1cc(C(=O)Nc2ccc(C)c(C)c2)ccc1OCC. The van der Waals surface area contributed by atoms with Crippen LogP contribution < -0.4 is 14.8 Å². The molecule has 2 aromatic rings. The number of hydrogen-bond acceptors (Lipinski definition) is 4. The Morgan fingerprint density at radius 1 is 1.04 bits per heavy atom. The van der Waals surface area contributed by atoms with Gasteiger partial charge < -0.3 is 10.1 Å². The molecule has 0 aliphatic heterocycles. The van der Waals surface area contributed by atoms with Crippen molar-refractivity contribution in [3.8, 4) is 5.75 Å². The molecule has 0 heterocycles. The van der Waals surface area contributed by atoms with Crippen molar-refractivity contribution in [1.29, 1.82) is 0 Å². The van der Waals surface area contributed by atoms with Crippen LogP contribution in [0.15, 0.2) is 41.3 Å². The first-order chi connectivity index (χ1) is 12.3. The lowest BCUT2D eigenvalue weighted by molar-refractivity contribution is 0.102. The average molecular weight is 376 g/mol. The second-order valence-electron chi connectivity index (χ2n) is 5.85. The zero-order valence-electron chi connectivity index (χ0n) is 15.4. The van der Waals surface area contributed by atoms with E-state index in [0.29, 0.717) is 12.3 Å². The lowest BCUT2D eigenvalue weighted by atomic mass is 10.1. The molecule has 0 aliphatic carbocycles. The predicted octanol–water partition coefficient (Wildman–Crippen LogP) is 3.25. The molecule has 0 radical (unpaired) electrons. The molecule has 0 atom stereocenters. The summed E-state index contributed by atoms with van der Waals surface area (Å²) < 4.78 is 32.7. The molecule has 0 unspecified atom stereocenters. The summed E-state index contributed by atoms with van der Waals surface area (Å²) in [5.41, 5.74) is 3.08. The van der Waals surface area contributed by atoms with E-state index < -0.39 is 10.0 Å². The minimum absolute atomic E-state index is 0.0473. The molecule has 0 spiro atoms. The van der Waals surface area contributed by atoms with Crippen LogP contribution in [0.3, 0.4) is 0 Å². The van der Waals surface area contributed by atoms with Crippen molar-refractivity contribution in [2.75, 3.05) is 18.5 Å². The summed E-state index contributed by atoms with van der Waals surface area (Å²) in [6, 6.07) is 9.99. The topological polar surface area (TPSA) is 84.5 Å². The second-order valence-corrected chi connectivity index (χ2v) is 7.58. The Balaban J connectivity index is 2.36. The first-order valence-electron chi connectivity index (χ1n) is 8.43. The standard InChI is InChI=1S/C19H24N2O4S/c1-5-20-26(23,24)18-12-15(8-10-17(18)25-6-2)19(22)21-16-9-7-13(3)14(4)11-16/h7-12,20H,5-6H2,1-4H3,(H,21,22). The van der Waals surface area contributed by atoms with Crippen LogP contribution in [-0.4, -0.2) is 27.5 Å². The minimum atomic E-state index is -3.76. The first kappa shape index (κ1) is 19.9. The van der Waals surface area contributed by atoms with Crippen molar-refractivity contribution in [1.82, 2.24) is 4.72 Å². The Labute approximate surface area is 154 Å². The number of hydrogen-bond donors (Lipinski definition) is 2. The number of sulfonamides is 1. The molecule has 7 heteroatoms. The van der Waals surface area contributed by atoms with Gasteiger partial charge in [0.15, 0.2) is 0 Å². The van der Waals surface area contributed by atoms with E-state index >= 15 is 0 Å². The number of anilines is 1. The maximum absolute atomic E-state index is 12.5. The van der Waals surface area contributed by atoms with Crippen molar-refractivity contribution >= 4 is 21.6 Å². The quantitative estimate of drug-likeness (QED) is 0.777. The van der Waals surface area contributed by atoms with Gasteiger partial charge in [0, 0.05) is 17.8 Å². The maximum atomic E-state index is 12.5. The zero-order chi connectivity index (χ0) is 19.3. The molecule has 0 fully saturated rings. The fourth-order valence-electron chi connectivity index (χ4n) is 2.42. The molecular weight excluding hydrogens is 352 g/mol. The molecular formula is C19H24N2O4S. The Hall–Kier alpha value is -2.38. The molecule has 6 nitrogen and oxygen atoms in total. The number of benzene rings is 2. The highest BCUT2D eigenvalue weighted by Crippen LogP contribution is 2.26. The van der Waals surface area contributed by atoms with Crippen molar-refractivity contribution < 1.29 is 17.9 Å². The Morgan fingerprint density at radius 3 is 2.38 bits per heavy atom. The van der Waals surface area contributed by atoms with Crippen molar-refractivity contribution in [3.05, 3.63) is 53.1 Å². The minimum Gasteiger partial charge on any atom is -0.492 e. The summed E-state index contributed by atoms with van der Waals surface area (Å²) in [4.78, 5) is 12.5. The van der Waals surface area contributed by atoms with Crippen LogP contribution in [0.2, 0.25) is 0 Å². The summed E-state index contributed by atoms with van der Waals surface area (Å²) in [6.07, 6.45) is 0. The van der Waals surface area contributed by atoms with E-state index in [9.17, 15) is 13.2 Å². The van der Waals surface area contributed by atoms with E-state index in [0.717, 1.165) is 11.1 Å². The third-order valence-electron chi connectivity index (χ3n) is 3.89. The Bertz CT molecular complexity index is 908. The fourth-order valence-corrected chi connectivity index (χ4v) is 3.63. The number of rotatable bonds is 7. The van der Waals surface area contributed by atoms with Gasteiger partial charge in [-0.05, 0) is 62.2 Å². The smallest absolute Gasteiger partial charge is 0.255 e. The van der Waals surface area contributed by atoms with Gasteiger partial charge in [0.05, 0.1) is 6.61 Å². The number of carbonyl (C=O) groups excluding carboxylic acids is 1. The lowest BCUT2D eigenvalue weighted by Gasteiger charge is -2.13. The Kier molecular flexibility index (Phi) is 6.39. The van der Waals surface area contributed by atoms with Gasteiger partial charge in [-0.2, -0.15) is 0 Å². The van der Waals surface area contributed by atoms with Gasteiger partial charge in [0.25, 0.3) is 5.91 Å². The molecule has 0 bridgehead atoms. The van der Waals surface area contributed by atoms with Crippen LogP contribution >= 0.6 is 0 Å². The van der Waals surface area contributed by atoms with Gasteiger partial charge in [0.1, 0.15) is 10.6 Å². The molecule has 0 aliphatic rings. The highest BCUT2D eigenvalue weighted by molar-refractivity contribution is 7.89. The van der Waals surface area contributed by atoms with Crippen molar-refractivity contribution in [3.63, 3.8) is 0 Å². The van der Waals surface area contributed by atoms with E-state index in [-0.39, 0.29) is 28.7 Å². The number of nitrogens with one attached hydrogen (secondary N) is 2. The summed E-state index contributed by atoms with van der Waals surface area (Å²) in [5.74, 6) is -0.166. The summed E-state index contributed by atoms with van der Waals surface area (Å²) >= 11 is 0. The molecule has 0 aromatic heterocycles. The summed E-state index contributed by atoms with van der Waals surface area (Å²) in [7, 11) is -3.76. The van der Waals surface area contributed by atoms with E-state index in [4.69, 9.17) is 4.74 Å². The van der Waals surface area contributed by atoms with Crippen molar-refractivity contribution in [2.45, 2.75) is 32.6 Å². The van der Waals surface area contributed by atoms with E-state index in [1.165, 1.54) is 12.1 Å². The van der Waals surface area contributed by atoms with Gasteiger partial charge in [-0.3, -0.25) is 4.79 Å². The molecule has 2 rings (SSSR count). The van der Waals surface area contributed by atoms with Gasteiger partial charge in [-0.15, -0.1) is 0 Å². The van der Waals surface area contributed by atoms with Gasteiger partial charge >= 0.3 is 0 Å². The summed E-state index contributed by atoms with van der Waals surface area (Å²) in [5, 5.41) is 2.79. The van der Waals surface area contributed by atoms with Crippen LogP contribution in [0.5, 0.6) is 5.75 Å². The van der Waals surface area contributed by atoms with Crippen LogP contribution in [0.4, 0.5) is 5.69 Å². The van der Waals surface area contributed by atoms with Crippen LogP contribution in [0.25, 0.3) is 0 Å². The zero-order valence-corrected chi connectivity index (χ0v) is 16.2. The summed E-state index contributed by atoms with van der Waals surface area (Å²) in [6.45, 7) is 7.97. The molecule has 26 heavy (non-hydrogen) atoms. The maximum Gasteiger partial charge on any atom is 0.255 e. The monoisotopic (exact) mass is 376 g/mol. The average Bonchev–Trinajstić information content (AvgIpc) is 2.58. The van der Waals surface area contributed by atoms with Crippen LogP contribution in [0, 0.1) is 13.8 Å². The Morgan fingerprint density at radius 2 is 1.77 bits per heavy atom. The van der Waals surface area contributed by atoms with E-state index in [2.05, 4.69) is 10.0 Å². The van der Waals surface area contributed by atoms with E-state index in [1.807, 2.05) is 32.0 Å². The van der Waals surface area contributed by atoms with Crippen LogP contribution in [-0.2, 0) is 10.0 Å². The lowest BCUT2D eigenvalue weighted by Crippen LogP contribution is -2.24. The van der Waals surface area contributed by atoms with Crippen LogP contribution in [0.1, 0.15) is 35.3 Å². The van der Waals surface area contributed by atoms with Gasteiger partial charge in [0.2, 0.25) is 10.0 Å². The highest BCUT2D eigenvalue weighted by atomic mass is 32.2. The third-order valence-corrected chi connectivity index (χ3v) is 5.46. The fraction of sp³-hybridized carbons (Fsp3) is 0.316. The van der Waals surface area contributed by atoms with E-state index in [1.54, 1.807) is 19.9 Å². The third kappa shape index (κ3) is 4.62. The van der Waals surface area contributed by atoms with Crippen molar-refractivity contribution in [2.24, 2.45) is 0 Å². The highest BCUT2D eigenvalue weighted by Gasteiger charge is 2.21. The molecule has 2 N–H and O–H groups in total. The normalized spacial score (nSPS) is 11.2. The molecule has 140 valence electrons. The number of amides is 1. The largest absolute Gasteiger partial charge is 0.492 e. The molecule has 0 saturated carbocycles.